The Labute approximate surface area is 273 Å². The molecule has 0 aliphatic heterocycles. The second-order valence-electron chi connectivity index (χ2n) is 14.6. The van der Waals surface area contributed by atoms with Gasteiger partial charge in [-0.1, -0.05) is 111 Å². The summed E-state index contributed by atoms with van der Waals surface area (Å²) in [5, 5.41) is 2.52. The number of hydrogen-bond donors (Lipinski definition) is 0. The summed E-state index contributed by atoms with van der Waals surface area (Å²) < 4.78 is 0. The lowest BCUT2D eigenvalue weighted by atomic mass is 9.82. The Balaban J connectivity index is 1.26. The number of benzene rings is 6. The summed E-state index contributed by atoms with van der Waals surface area (Å²) in [5.74, 6) is 2.55. The van der Waals surface area contributed by atoms with E-state index in [0.717, 1.165) is 17.8 Å². The van der Waals surface area contributed by atoms with E-state index in [4.69, 9.17) is 0 Å². The first-order valence-electron chi connectivity index (χ1n) is 17.2. The second kappa shape index (κ2) is 10.5. The van der Waals surface area contributed by atoms with Crippen LogP contribution >= 0.6 is 0 Å². The van der Waals surface area contributed by atoms with Crippen molar-refractivity contribution in [2.24, 2.45) is 11.8 Å². The SMILES string of the molecule is Cc1ccccc1-c1cc2ccccc2cc1N(c1ccc(C2CC3CCC2C3)cc1)c1ccc2c(c1)C(C)(C)c1ccccc1-2. The zero-order chi connectivity index (χ0) is 31.0. The molecule has 0 aromatic heterocycles. The minimum absolute atomic E-state index is 0.0680. The molecule has 0 heterocycles. The van der Waals surface area contributed by atoms with E-state index in [1.807, 2.05) is 0 Å². The van der Waals surface area contributed by atoms with E-state index in [2.05, 4.69) is 153 Å². The minimum Gasteiger partial charge on any atom is -0.310 e. The van der Waals surface area contributed by atoms with Crippen molar-refractivity contribution in [3.8, 4) is 22.3 Å². The Morgan fingerprint density at radius 3 is 1.98 bits per heavy atom. The van der Waals surface area contributed by atoms with Gasteiger partial charge >= 0.3 is 0 Å². The monoisotopic (exact) mass is 595 g/mol. The molecule has 3 unspecified atom stereocenters. The van der Waals surface area contributed by atoms with Gasteiger partial charge in [0.15, 0.2) is 0 Å². The third-order valence-electron chi connectivity index (χ3n) is 11.7. The van der Waals surface area contributed by atoms with Crippen molar-refractivity contribution >= 4 is 27.8 Å². The average molecular weight is 596 g/mol. The lowest BCUT2D eigenvalue weighted by molar-refractivity contribution is 0.420. The van der Waals surface area contributed by atoms with E-state index in [-0.39, 0.29) is 5.41 Å². The van der Waals surface area contributed by atoms with Crippen LogP contribution in [-0.2, 0) is 5.41 Å². The summed E-state index contributed by atoms with van der Waals surface area (Å²) >= 11 is 0. The van der Waals surface area contributed by atoms with Crippen LogP contribution < -0.4 is 4.90 Å². The van der Waals surface area contributed by atoms with E-state index >= 15 is 0 Å². The van der Waals surface area contributed by atoms with Crippen LogP contribution in [0.15, 0.2) is 127 Å². The van der Waals surface area contributed by atoms with Crippen molar-refractivity contribution in [3.05, 3.63) is 150 Å². The number of hydrogen-bond acceptors (Lipinski definition) is 1. The number of nitrogens with zero attached hydrogens (tertiary/aromatic N) is 1. The molecule has 3 aliphatic carbocycles. The van der Waals surface area contributed by atoms with E-state index in [1.165, 1.54) is 98.0 Å². The fourth-order valence-corrected chi connectivity index (χ4v) is 9.29. The molecule has 0 radical (unpaired) electrons. The highest BCUT2D eigenvalue weighted by atomic mass is 15.1. The molecule has 46 heavy (non-hydrogen) atoms. The van der Waals surface area contributed by atoms with E-state index < -0.39 is 0 Å². The van der Waals surface area contributed by atoms with Crippen molar-refractivity contribution in [2.75, 3.05) is 4.90 Å². The van der Waals surface area contributed by atoms with Gasteiger partial charge in [0.2, 0.25) is 0 Å². The van der Waals surface area contributed by atoms with Gasteiger partial charge in [-0.15, -0.1) is 0 Å². The molecule has 1 heteroatoms. The smallest absolute Gasteiger partial charge is 0.0546 e. The fraction of sp³-hybridized carbons (Fsp3) is 0.244. The Morgan fingerprint density at radius 2 is 1.24 bits per heavy atom. The molecule has 226 valence electrons. The molecule has 9 rings (SSSR count). The zero-order valence-electron chi connectivity index (χ0n) is 27.1. The largest absolute Gasteiger partial charge is 0.310 e. The van der Waals surface area contributed by atoms with Gasteiger partial charge in [0.1, 0.15) is 0 Å². The van der Waals surface area contributed by atoms with Crippen molar-refractivity contribution in [2.45, 2.75) is 57.8 Å². The number of rotatable bonds is 5. The first kappa shape index (κ1) is 27.7. The van der Waals surface area contributed by atoms with Gasteiger partial charge in [0.05, 0.1) is 5.69 Å². The van der Waals surface area contributed by atoms with Crippen LogP contribution in [0, 0.1) is 18.8 Å². The highest BCUT2D eigenvalue weighted by Crippen LogP contribution is 2.54. The van der Waals surface area contributed by atoms with Crippen LogP contribution in [0.25, 0.3) is 33.0 Å². The molecular weight excluding hydrogens is 555 g/mol. The van der Waals surface area contributed by atoms with Gasteiger partial charge < -0.3 is 4.90 Å². The molecule has 3 aliphatic rings. The van der Waals surface area contributed by atoms with Crippen LogP contribution in [0.4, 0.5) is 17.1 Å². The molecule has 6 aromatic carbocycles. The maximum absolute atomic E-state index is 2.53. The summed E-state index contributed by atoms with van der Waals surface area (Å²) in [6.45, 7) is 6.99. The standard InChI is InChI=1S/C45H41N/c1-29-10-4-7-13-37(29)41-26-32-11-5-6-12-33(32)27-44(41)46(35-20-18-31(19-21-35)40-25-30-16-17-34(40)24-30)36-22-23-39-38-14-8-9-15-42(38)45(2,3)43(39)28-36/h4-15,18-23,26-28,30,34,40H,16-17,24-25H2,1-3H3. The molecule has 1 nitrogen and oxygen atoms in total. The third-order valence-corrected chi connectivity index (χ3v) is 11.7. The molecule has 2 bridgehead atoms. The Kier molecular flexibility index (Phi) is 6.29. The number of anilines is 3. The highest BCUT2D eigenvalue weighted by molar-refractivity contribution is 5.99. The van der Waals surface area contributed by atoms with Crippen molar-refractivity contribution < 1.29 is 0 Å². The van der Waals surface area contributed by atoms with Crippen LogP contribution in [0.3, 0.4) is 0 Å². The van der Waals surface area contributed by atoms with Crippen molar-refractivity contribution in [1.82, 2.24) is 0 Å². The predicted octanol–water partition coefficient (Wildman–Crippen LogP) is 12.5. The quantitative estimate of drug-likeness (QED) is 0.192. The Bertz CT molecular complexity index is 2120. The van der Waals surface area contributed by atoms with Gasteiger partial charge in [-0.05, 0) is 130 Å². The lowest BCUT2D eigenvalue weighted by Crippen LogP contribution is -2.17. The molecule has 0 N–H and O–H groups in total. The molecule has 0 spiro atoms. The maximum atomic E-state index is 2.53. The summed E-state index contributed by atoms with van der Waals surface area (Å²) in [5.41, 5.74) is 14.4. The molecule has 6 aromatic rings. The summed E-state index contributed by atoms with van der Waals surface area (Å²) in [6, 6.07) is 48.2. The molecule has 0 saturated heterocycles. The summed E-state index contributed by atoms with van der Waals surface area (Å²) in [4.78, 5) is 2.53. The van der Waals surface area contributed by atoms with E-state index in [1.54, 1.807) is 0 Å². The summed E-state index contributed by atoms with van der Waals surface area (Å²) in [6.07, 6.45) is 5.65. The molecular formula is C45H41N. The second-order valence-corrected chi connectivity index (χ2v) is 14.6. The van der Waals surface area contributed by atoms with E-state index in [0.29, 0.717) is 0 Å². The van der Waals surface area contributed by atoms with Crippen LogP contribution in [-0.4, -0.2) is 0 Å². The van der Waals surface area contributed by atoms with Gasteiger partial charge in [0, 0.05) is 22.4 Å². The van der Waals surface area contributed by atoms with Crippen LogP contribution in [0.2, 0.25) is 0 Å². The first-order chi connectivity index (χ1) is 22.5. The third kappa shape index (κ3) is 4.28. The normalized spacial score (nSPS) is 20.5. The van der Waals surface area contributed by atoms with Crippen molar-refractivity contribution in [1.29, 1.82) is 0 Å². The van der Waals surface area contributed by atoms with Gasteiger partial charge in [0.25, 0.3) is 0 Å². The molecule has 2 fully saturated rings. The number of fused-ring (bicyclic) bond motifs is 6. The minimum atomic E-state index is -0.0680. The van der Waals surface area contributed by atoms with Gasteiger partial charge in [-0.25, -0.2) is 0 Å². The van der Waals surface area contributed by atoms with E-state index in [9.17, 15) is 0 Å². The van der Waals surface area contributed by atoms with Gasteiger partial charge in [-0.2, -0.15) is 0 Å². The predicted molar refractivity (Wildman–Crippen MR) is 195 cm³/mol. The maximum Gasteiger partial charge on any atom is 0.0546 e. The summed E-state index contributed by atoms with van der Waals surface area (Å²) in [7, 11) is 0. The topological polar surface area (TPSA) is 3.24 Å². The average Bonchev–Trinajstić information content (AvgIpc) is 3.78. The van der Waals surface area contributed by atoms with Gasteiger partial charge in [-0.3, -0.25) is 0 Å². The molecule has 0 amide bonds. The number of aryl methyl sites for hydroxylation is 1. The lowest BCUT2D eigenvalue weighted by Gasteiger charge is -2.31. The molecule has 2 saturated carbocycles. The molecule has 3 atom stereocenters. The van der Waals surface area contributed by atoms with Crippen molar-refractivity contribution in [3.63, 3.8) is 0 Å². The first-order valence-corrected chi connectivity index (χ1v) is 17.2. The Hall–Kier alpha value is -4.62. The zero-order valence-corrected chi connectivity index (χ0v) is 27.1. The van der Waals surface area contributed by atoms with Crippen LogP contribution in [0.1, 0.15) is 67.7 Å². The fourth-order valence-electron chi connectivity index (χ4n) is 9.29. The Morgan fingerprint density at radius 1 is 0.565 bits per heavy atom. The van der Waals surface area contributed by atoms with Crippen LogP contribution in [0.5, 0.6) is 0 Å². The highest BCUT2D eigenvalue weighted by Gasteiger charge is 2.40.